The molecule has 0 radical (unpaired) electrons. The lowest BCUT2D eigenvalue weighted by Crippen LogP contribution is -2.09. The minimum atomic E-state index is 1.14. The highest BCUT2D eigenvalue weighted by Gasteiger charge is 2.12. The number of benzene rings is 6. The molecule has 0 saturated heterocycles. The summed E-state index contributed by atoms with van der Waals surface area (Å²) >= 11 is 0. The maximum absolute atomic E-state index is 2.36. The normalized spacial score (nSPS) is 11.2. The zero-order chi connectivity index (χ0) is 24.6. The van der Waals surface area contributed by atoms with Crippen LogP contribution in [0.5, 0.6) is 0 Å². The van der Waals surface area contributed by atoms with Gasteiger partial charge in [0.05, 0.1) is 0 Å². The molecule has 0 unspecified atom stereocenters. The fourth-order valence-corrected chi connectivity index (χ4v) is 5.59. The van der Waals surface area contributed by atoms with Gasteiger partial charge in [-0.15, -0.1) is 0 Å². The zero-order valence-electron chi connectivity index (χ0n) is 20.4. The largest absolute Gasteiger partial charge is 0.310 e. The molecule has 0 aromatic heterocycles. The molecule has 6 aromatic rings. The molecule has 0 fully saturated rings. The van der Waals surface area contributed by atoms with Crippen molar-refractivity contribution in [2.45, 2.75) is 0 Å². The van der Waals surface area contributed by atoms with Crippen molar-refractivity contribution in [2.75, 3.05) is 4.90 Å². The molecule has 0 amide bonds. The number of fused-ring (bicyclic) bond motifs is 4. The predicted octanol–water partition coefficient (Wildman–Crippen LogP) is 8.62. The number of hydrogen-bond donors (Lipinski definition) is 0. The first-order valence-corrected chi connectivity index (χ1v) is 12.7. The third-order valence-corrected chi connectivity index (χ3v) is 7.23. The fourth-order valence-electron chi connectivity index (χ4n) is 5.59. The Morgan fingerprint density at radius 3 is 0.973 bits per heavy atom. The van der Waals surface area contributed by atoms with Crippen LogP contribution in [0.2, 0.25) is 0 Å². The summed E-state index contributed by atoms with van der Waals surface area (Å²) in [4.78, 5) is 2.33. The van der Waals surface area contributed by atoms with Gasteiger partial charge in [-0.05, 0) is 78.1 Å². The van der Waals surface area contributed by atoms with Gasteiger partial charge in [0, 0.05) is 17.1 Å². The second kappa shape index (κ2) is 8.96. The first-order chi connectivity index (χ1) is 18.4. The second-order valence-electron chi connectivity index (χ2n) is 9.37. The summed E-state index contributed by atoms with van der Waals surface area (Å²) in [6, 6.07) is 54.5. The Hall–Kier alpha value is -4.88. The number of hydrogen-bond acceptors (Lipinski definition) is 1. The van der Waals surface area contributed by atoms with E-state index in [-0.39, 0.29) is 0 Å². The van der Waals surface area contributed by atoms with E-state index in [1.807, 2.05) is 0 Å². The summed E-state index contributed by atoms with van der Waals surface area (Å²) < 4.78 is 0. The van der Waals surface area contributed by atoms with Crippen molar-refractivity contribution in [3.63, 3.8) is 0 Å². The monoisotopic (exact) mass is 471 g/mol. The SMILES string of the molecule is c1ccc(N(c2ccccc2)c2ccc3c(c2)=c2ccccc2=c2ccccc2=c2ccccc2=3)cc1. The third kappa shape index (κ3) is 3.64. The van der Waals surface area contributed by atoms with Gasteiger partial charge >= 0.3 is 0 Å². The molecule has 1 aliphatic rings. The molecule has 0 saturated carbocycles. The number of nitrogens with zero attached hydrogens (tertiary/aromatic N) is 1. The van der Waals surface area contributed by atoms with Gasteiger partial charge in [0.25, 0.3) is 0 Å². The van der Waals surface area contributed by atoms with Crippen LogP contribution in [0.15, 0.2) is 152 Å². The van der Waals surface area contributed by atoms with E-state index in [1.54, 1.807) is 0 Å². The molecule has 1 nitrogen and oxygen atoms in total. The highest BCUT2D eigenvalue weighted by molar-refractivity contribution is 5.76. The molecule has 0 N–H and O–H groups in total. The maximum atomic E-state index is 2.36. The molecule has 0 atom stereocenters. The van der Waals surface area contributed by atoms with Crippen molar-refractivity contribution in [3.05, 3.63) is 193 Å². The van der Waals surface area contributed by atoms with Gasteiger partial charge in [0.1, 0.15) is 0 Å². The first kappa shape index (κ1) is 21.4. The lowest BCUT2D eigenvalue weighted by Gasteiger charge is -2.25. The van der Waals surface area contributed by atoms with Crippen LogP contribution >= 0.6 is 0 Å². The van der Waals surface area contributed by atoms with E-state index in [0.29, 0.717) is 0 Å². The van der Waals surface area contributed by atoms with Crippen LogP contribution in [0, 0.1) is 41.7 Å². The molecular formula is C36H25N. The highest BCUT2D eigenvalue weighted by Crippen LogP contribution is 2.34. The van der Waals surface area contributed by atoms with E-state index in [2.05, 4.69) is 157 Å². The number of rotatable bonds is 3. The number of para-hydroxylation sites is 2. The summed E-state index contributed by atoms with van der Waals surface area (Å²) in [7, 11) is 0. The Morgan fingerprint density at radius 2 is 0.568 bits per heavy atom. The van der Waals surface area contributed by atoms with E-state index in [1.165, 1.54) is 41.7 Å². The summed E-state index contributed by atoms with van der Waals surface area (Å²) in [5.74, 6) is 0. The Bertz CT molecular complexity index is 2090. The van der Waals surface area contributed by atoms with E-state index in [4.69, 9.17) is 0 Å². The van der Waals surface area contributed by atoms with Crippen LogP contribution < -0.4 is 4.90 Å². The summed E-state index contributed by atoms with van der Waals surface area (Å²) in [6.07, 6.45) is 0. The quantitative estimate of drug-likeness (QED) is 0.249. The maximum Gasteiger partial charge on any atom is 0.0468 e. The minimum Gasteiger partial charge on any atom is -0.310 e. The molecule has 0 spiro atoms. The standard InChI is InChI=1S/C36H25N/c1-3-13-26(14-4-1)37(27-15-5-2-6-16-27)28-23-24-35-33-21-10-9-19-31(33)29-17-7-8-18-30(29)32-20-11-12-22-34(32)36(35)25-28/h1-25H. The lowest BCUT2D eigenvalue weighted by molar-refractivity contribution is 1.25. The van der Waals surface area contributed by atoms with E-state index in [9.17, 15) is 0 Å². The molecule has 7 rings (SSSR count). The van der Waals surface area contributed by atoms with Crippen molar-refractivity contribution in [3.8, 4) is 0 Å². The van der Waals surface area contributed by atoms with Crippen molar-refractivity contribution in [1.82, 2.24) is 0 Å². The van der Waals surface area contributed by atoms with Crippen molar-refractivity contribution in [2.24, 2.45) is 0 Å². The molecule has 0 aliphatic heterocycles. The predicted molar refractivity (Wildman–Crippen MR) is 151 cm³/mol. The van der Waals surface area contributed by atoms with Gasteiger partial charge in [-0.2, -0.15) is 0 Å². The van der Waals surface area contributed by atoms with Crippen molar-refractivity contribution >= 4 is 17.1 Å². The first-order valence-electron chi connectivity index (χ1n) is 12.7. The number of anilines is 3. The average Bonchev–Trinajstić information content (AvgIpc) is 2.98. The molecule has 1 aliphatic carbocycles. The summed E-state index contributed by atoms with van der Waals surface area (Å²) in [5, 5.41) is 10.1. The Labute approximate surface area is 215 Å². The topological polar surface area (TPSA) is 3.24 Å². The van der Waals surface area contributed by atoms with Crippen LogP contribution in [0.4, 0.5) is 17.1 Å². The molecule has 0 heterocycles. The van der Waals surface area contributed by atoms with Gasteiger partial charge in [-0.25, -0.2) is 0 Å². The van der Waals surface area contributed by atoms with Gasteiger partial charge in [0.2, 0.25) is 0 Å². The minimum absolute atomic E-state index is 1.14. The van der Waals surface area contributed by atoms with Crippen LogP contribution in [0.3, 0.4) is 0 Å². The Morgan fingerprint density at radius 1 is 0.243 bits per heavy atom. The highest BCUT2D eigenvalue weighted by atomic mass is 15.1. The van der Waals surface area contributed by atoms with Crippen LogP contribution in [-0.4, -0.2) is 0 Å². The van der Waals surface area contributed by atoms with E-state index >= 15 is 0 Å². The summed E-state index contributed by atoms with van der Waals surface area (Å²) in [6.45, 7) is 0. The molecule has 37 heavy (non-hydrogen) atoms. The zero-order valence-corrected chi connectivity index (χ0v) is 20.4. The second-order valence-corrected chi connectivity index (χ2v) is 9.37. The van der Waals surface area contributed by atoms with Crippen LogP contribution in [0.1, 0.15) is 0 Å². The van der Waals surface area contributed by atoms with Crippen molar-refractivity contribution in [1.29, 1.82) is 0 Å². The van der Waals surface area contributed by atoms with E-state index < -0.39 is 0 Å². The van der Waals surface area contributed by atoms with Crippen LogP contribution in [0.25, 0.3) is 0 Å². The van der Waals surface area contributed by atoms with Gasteiger partial charge < -0.3 is 4.90 Å². The van der Waals surface area contributed by atoms with Crippen LogP contribution in [-0.2, 0) is 0 Å². The molecule has 1 heteroatoms. The lowest BCUT2D eigenvalue weighted by atomic mass is 10.0. The Balaban J connectivity index is 1.72. The molecular weight excluding hydrogens is 446 g/mol. The summed E-state index contributed by atoms with van der Waals surface area (Å²) in [5.41, 5.74) is 3.41. The fraction of sp³-hybridized carbons (Fsp3) is 0. The van der Waals surface area contributed by atoms with Gasteiger partial charge in [-0.3, -0.25) is 0 Å². The van der Waals surface area contributed by atoms with Crippen molar-refractivity contribution < 1.29 is 0 Å². The molecule has 0 bridgehead atoms. The smallest absolute Gasteiger partial charge is 0.0468 e. The molecule has 174 valence electrons. The van der Waals surface area contributed by atoms with E-state index in [0.717, 1.165) is 17.1 Å². The molecule has 6 aromatic carbocycles. The third-order valence-electron chi connectivity index (χ3n) is 7.23. The average molecular weight is 472 g/mol. The Kier molecular flexibility index (Phi) is 5.19. The van der Waals surface area contributed by atoms with Gasteiger partial charge in [0.15, 0.2) is 0 Å². The van der Waals surface area contributed by atoms with Gasteiger partial charge in [-0.1, -0.05) is 115 Å².